The summed E-state index contributed by atoms with van der Waals surface area (Å²) in [6.45, 7) is 4.28. The van der Waals surface area contributed by atoms with Gasteiger partial charge in [-0.25, -0.2) is 8.42 Å². The number of amides is 1. The van der Waals surface area contributed by atoms with Gasteiger partial charge in [0.25, 0.3) is 0 Å². The largest absolute Gasteiger partial charge is 0.492 e. The van der Waals surface area contributed by atoms with E-state index in [1.54, 1.807) is 6.92 Å². The standard InChI is InChI=1S/C20H25ClN2O4S/c1-3-23(15-20(24)22-13-12-16-8-6-5-7-9-16)28(25,26)17-10-11-19(27-4-2)18(21)14-17/h5-11,14H,3-4,12-13,15H2,1-2H3,(H,22,24). The zero-order valence-corrected chi connectivity index (χ0v) is 17.6. The Hall–Kier alpha value is -2.09. The molecule has 1 amide bonds. The van der Waals surface area contributed by atoms with E-state index in [0.717, 1.165) is 9.87 Å². The smallest absolute Gasteiger partial charge is 0.243 e. The minimum Gasteiger partial charge on any atom is -0.492 e. The average molecular weight is 425 g/mol. The predicted molar refractivity (Wildman–Crippen MR) is 110 cm³/mol. The highest BCUT2D eigenvalue weighted by Gasteiger charge is 2.26. The van der Waals surface area contributed by atoms with Crippen LogP contribution >= 0.6 is 11.6 Å². The summed E-state index contributed by atoms with van der Waals surface area (Å²) in [5.41, 5.74) is 1.10. The van der Waals surface area contributed by atoms with Gasteiger partial charge in [-0.2, -0.15) is 4.31 Å². The minimum absolute atomic E-state index is 0.0277. The van der Waals surface area contributed by atoms with Gasteiger partial charge in [0, 0.05) is 13.1 Å². The fourth-order valence-electron chi connectivity index (χ4n) is 2.64. The molecule has 0 heterocycles. The number of benzene rings is 2. The number of carbonyl (C=O) groups is 1. The number of sulfonamides is 1. The second-order valence-electron chi connectivity index (χ2n) is 6.04. The third-order valence-corrected chi connectivity index (χ3v) is 6.30. The van der Waals surface area contributed by atoms with E-state index in [9.17, 15) is 13.2 Å². The van der Waals surface area contributed by atoms with Crippen LogP contribution in [0.3, 0.4) is 0 Å². The lowest BCUT2D eigenvalue weighted by Gasteiger charge is -2.20. The summed E-state index contributed by atoms with van der Waals surface area (Å²) in [6, 6.07) is 14.1. The van der Waals surface area contributed by atoms with Gasteiger partial charge < -0.3 is 10.1 Å². The first-order valence-electron chi connectivity index (χ1n) is 9.11. The summed E-state index contributed by atoms with van der Waals surface area (Å²) in [4.78, 5) is 12.3. The molecule has 152 valence electrons. The molecule has 0 aliphatic rings. The number of hydrogen-bond donors (Lipinski definition) is 1. The monoisotopic (exact) mass is 424 g/mol. The molecule has 2 rings (SSSR count). The lowest BCUT2D eigenvalue weighted by atomic mass is 10.1. The van der Waals surface area contributed by atoms with Crippen molar-refractivity contribution < 1.29 is 17.9 Å². The maximum atomic E-state index is 12.9. The zero-order chi connectivity index (χ0) is 20.6. The number of halogens is 1. The summed E-state index contributed by atoms with van der Waals surface area (Å²) in [7, 11) is -3.85. The van der Waals surface area contributed by atoms with Crippen LogP contribution in [0.25, 0.3) is 0 Å². The molecule has 8 heteroatoms. The summed E-state index contributed by atoms with van der Waals surface area (Å²) >= 11 is 6.11. The lowest BCUT2D eigenvalue weighted by molar-refractivity contribution is -0.121. The molecular weight excluding hydrogens is 400 g/mol. The topological polar surface area (TPSA) is 75.7 Å². The number of rotatable bonds is 10. The predicted octanol–water partition coefficient (Wildman–Crippen LogP) is 3.11. The van der Waals surface area contributed by atoms with Crippen LogP contribution < -0.4 is 10.1 Å². The normalized spacial score (nSPS) is 11.4. The second kappa shape index (κ2) is 10.5. The highest BCUT2D eigenvalue weighted by atomic mass is 35.5. The number of hydrogen-bond acceptors (Lipinski definition) is 4. The van der Waals surface area contributed by atoms with Gasteiger partial charge in [0.2, 0.25) is 15.9 Å². The SMILES string of the molecule is CCOc1ccc(S(=O)(=O)N(CC)CC(=O)NCCc2ccccc2)cc1Cl. The molecule has 2 aromatic carbocycles. The van der Waals surface area contributed by atoms with Crippen molar-refractivity contribution in [2.45, 2.75) is 25.2 Å². The van der Waals surface area contributed by atoms with E-state index >= 15 is 0 Å². The Morgan fingerprint density at radius 2 is 1.86 bits per heavy atom. The van der Waals surface area contributed by atoms with Crippen LogP contribution in [-0.2, 0) is 21.2 Å². The van der Waals surface area contributed by atoms with E-state index in [0.29, 0.717) is 25.3 Å². The fraction of sp³-hybridized carbons (Fsp3) is 0.350. The van der Waals surface area contributed by atoms with Crippen LogP contribution in [0.15, 0.2) is 53.4 Å². The highest BCUT2D eigenvalue weighted by Crippen LogP contribution is 2.28. The summed E-state index contributed by atoms with van der Waals surface area (Å²) in [5, 5.41) is 2.98. The number of carbonyl (C=O) groups excluding carboxylic acids is 1. The second-order valence-corrected chi connectivity index (χ2v) is 8.39. The van der Waals surface area contributed by atoms with Crippen molar-refractivity contribution in [1.82, 2.24) is 9.62 Å². The Bertz CT molecular complexity index is 888. The molecular formula is C20H25ClN2O4S. The first-order chi connectivity index (χ1) is 13.4. The molecule has 0 unspecified atom stereocenters. The summed E-state index contributed by atoms with van der Waals surface area (Å²) in [6.07, 6.45) is 0.681. The number of nitrogens with zero attached hydrogens (tertiary/aromatic N) is 1. The van der Waals surface area contributed by atoms with E-state index in [-0.39, 0.29) is 28.9 Å². The molecule has 28 heavy (non-hydrogen) atoms. The van der Waals surface area contributed by atoms with Crippen molar-refractivity contribution in [2.24, 2.45) is 0 Å². The molecule has 6 nitrogen and oxygen atoms in total. The lowest BCUT2D eigenvalue weighted by Crippen LogP contribution is -2.41. The summed E-state index contributed by atoms with van der Waals surface area (Å²) in [5.74, 6) is 0.0724. The molecule has 0 atom stereocenters. The van der Waals surface area contributed by atoms with Gasteiger partial charge in [-0.3, -0.25) is 4.79 Å². The average Bonchev–Trinajstić information content (AvgIpc) is 2.68. The van der Waals surface area contributed by atoms with E-state index in [1.165, 1.54) is 18.2 Å². The molecule has 0 fully saturated rings. The van der Waals surface area contributed by atoms with Gasteiger partial charge in [-0.1, -0.05) is 48.9 Å². The Morgan fingerprint density at radius 1 is 1.14 bits per heavy atom. The van der Waals surface area contributed by atoms with E-state index < -0.39 is 10.0 Å². The summed E-state index contributed by atoms with van der Waals surface area (Å²) < 4.78 is 32.2. The first kappa shape index (κ1) is 22.2. The highest BCUT2D eigenvalue weighted by molar-refractivity contribution is 7.89. The minimum atomic E-state index is -3.85. The number of ether oxygens (including phenoxy) is 1. The van der Waals surface area contributed by atoms with Gasteiger partial charge >= 0.3 is 0 Å². The van der Waals surface area contributed by atoms with Gasteiger partial charge in [-0.05, 0) is 37.1 Å². The Labute approximate surface area is 171 Å². The molecule has 0 aliphatic heterocycles. The van der Waals surface area contributed by atoms with Gasteiger partial charge in [0.05, 0.1) is 23.1 Å². The van der Waals surface area contributed by atoms with Crippen molar-refractivity contribution in [3.63, 3.8) is 0 Å². The number of likely N-dealkylation sites (N-methyl/N-ethyl adjacent to an activating group) is 1. The molecule has 0 aromatic heterocycles. The van der Waals surface area contributed by atoms with Gasteiger partial charge in [0.1, 0.15) is 5.75 Å². The van der Waals surface area contributed by atoms with E-state index in [1.807, 2.05) is 37.3 Å². The quantitative estimate of drug-likeness (QED) is 0.635. The van der Waals surface area contributed by atoms with Crippen molar-refractivity contribution in [3.8, 4) is 5.75 Å². The van der Waals surface area contributed by atoms with Crippen LogP contribution in [0.4, 0.5) is 0 Å². The van der Waals surface area contributed by atoms with E-state index in [4.69, 9.17) is 16.3 Å². The third-order valence-electron chi connectivity index (χ3n) is 4.09. The number of nitrogens with one attached hydrogen (secondary N) is 1. The van der Waals surface area contributed by atoms with Crippen LogP contribution in [0, 0.1) is 0 Å². The van der Waals surface area contributed by atoms with Crippen molar-refractivity contribution in [1.29, 1.82) is 0 Å². The van der Waals surface area contributed by atoms with Gasteiger partial charge in [-0.15, -0.1) is 0 Å². The third kappa shape index (κ3) is 5.95. The molecule has 1 N–H and O–H groups in total. The molecule has 0 aliphatic carbocycles. The van der Waals surface area contributed by atoms with Gasteiger partial charge in [0.15, 0.2) is 0 Å². The molecule has 2 aromatic rings. The molecule has 0 saturated carbocycles. The zero-order valence-electron chi connectivity index (χ0n) is 16.0. The molecule has 0 spiro atoms. The van der Waals surface area contributed by atoms with Crippen LogP contribution in [0.1, 0.15) is 19.4 Å². The van der Waals surface area contributed by atoms with Crippen LogP contribution in [0.2, 0.25) is 5.02 Å². The Balaban J connectivity index is 2.00. The first-order valence-corrected chi connectivity index (χ1v) is 10.9. The maximum absolute atomic E-state index is 12.9. The Morgan fingerprint density at radius 3 is 2.46 bits per heavy atom. The fourth-order valence-corrected chi connectivity index (χ4v) is 4.37. The van der Waals surface area contributed by atoms with Crippen LogP contribution in [-0.4, -0.2) is 44.9 Å². The molecule has 0 saturated heterocycles. The van der Waals surface area contributed by atoms with Crippen molar-refractivity contribution in [3.05, 3.63) is 59.1 Å². The molecule has 0 radical (unpaired) electrons. The van der Waals surface area contributed by atoms with Crippen LogP contribution in [0.5, 0.6) is 5.75 Å². The maximum Gasteiger partial charge on any atom is 0.243 e. The van der Waals surface area contributed by atoms with Crippen molar-refractivity contribution in [2.75, 3.05) is 26.2 Å². The Kier molecular flexibility index (Phi) is 8.29. The van der Waals surface area contributed by atoms with Crippen molar-refractivity contribution >= 4 is 27.5 Å². The van der Waals surface area contributed by atoms with E-state index in [2.05, 4.69) is 5.32 Å². The molecule has 0 bridgehead atoms.